The molecule has 1 aliphatic rings. The van der Waals surface area contributed by atoms with Crippen molar-refractivity contribution in [2.45, 2.75) is 23.6 Å². The van der Waals surface area contributed by atoms with Crippen LogP contribution < -0.4 is 5.32 Å². The Kier molecular flexibility index (Phi) is 7.52. The summed E-state index contributed by atoms with van der Waals surface area (Å²) < 4.78 is 26.7. The molecule has 0 aromatic heterocycles. The number of carbonyl (C=O) groups is 3. The first-order valence-electron chi connectivity index (χ1n) is 10.2. The fourth-order valence-electron chi connectivity index (χ4n) is 3.43. The molecule has 2 aromatic carbocycles. The number of benzene rings is 2. The van der Waals surface area contributed by atoms with Crippen molar-refractivity contribution in [2.24, 2.45) is 0 Å². The van der Waals surface area contributed by atoms with E-state index >= 15 is 0 Å². The van der Waals surface area contributed by atoms with Crippen molar-refractivity contribution < 1.29 is 22.8 Å². The van der Waals surface area contributed by atoms with E-state index in [0.717, 1.165) is 0 Å². The monoisotopic (exact) mass is 477 g/mol. The van der Waals surface area contributed by atoms with E-state index < -0.39 is 27.0 Å². The van der Waals surface area contributed by atoms with Crippen molar-refractivity contribution in [3.8, 4) is 0 Å². The largest absolute Gasteiger partial charge is 0.339 e. The van der Waals surface area contributed by atoms with Gasteiger partial charge in [-0.15, -0.1) is 0 Å². The van der Waals surface area contributed by atoms with Crippen molar-refractivity contribution in [3.63, 3.8) is 0 Å². The topological polar surface area (TPSA) is 104 Å². The van der Waals surface area contributed by atoms with Crippen LogP contribution in [0.2, 0.25) is 5.02 Å². The van der Waals surface area contributed by atoms with E-state index in [2.05, 4.69) is 5.32 Å². The average molecular weight is 478 g/mol. The van der Waals surface area contributed by atoms with Crippen LogP contribution in [0, 0.1) is 0 Å². The molecule has 0 bridgehead atoms. The Morgan fingerprint density at radius 3 is 2.09 bits per heavy atom. The van der Waals surface area contributed by atoms with E-state index in [1.165, 1.54) is 29.2 Å². The maximum atomic E-state index is 13.3. The highest BCUT2D eigenvalue weighted by molar-refractivity contribution is 7.92. The normalized spacial score (nSPS) is 15.2. The first-order valence-corrected chi connectivity index (χ1v) is 12.1. The molecule has 3 amide bonds. The SMILES string of the molecule is CCC(=O)N1CCN(C(=O)C(NC(=O)c2ccccc2Cl)S(=O)(=O)c2ccccc2)CC1. The summed E-state index contributed by atoms with van der Waals surface area (Å²) in [5.41, 5.74) is 0.0635. The van der Waals surface area contributed by atoms with Crippen molar-refractivity contribution in [3.05, 3.63) is 65.2 Å². The van der Waals surface area contributed by atoms with Gasteiger partial charge >= 0.3 is 0 Å². The minimum atomic E-state index is -4.25. The van der Waals surface area contributed by atoms with Gasteiger partial charge in [0.2, 0.25) is 21.1 Å². The summed E-state index contributed by atoms with van der Waals surface area (Å²) in [6, 6.07) is 13.7. The molecule has 1 unspecified atom stereocenters. The van der Waals surface area contributed by atoms with Crippen molar-refractivity contribution >= 4 is 39.2 Å². The van der Waals surface area contributed by atoms with Gasteiger partial charge in [0.1, 0.15) is 0 Å². The highest BCUT2D eigenvalue weighted by atomic mass is 35.5. The van der Waals surface area contributed by atoms with Crippen LogP contribution in [0.3, 0.4) is 0 Å². The van der Waals surface area contributed by atoms with E-state index in [-0.39, 0.29) is 34.5 Å². The van der Waals surface area contributed by atoms with Gasteiger partial charge in [-0.05, 0) is 24.3 Å². The third-order valence-electron chi connectivity index (χ3n) is 5.23. The van der Waals surface area contributed by atoms with Crippen LogP contribution in [0.5, 0.6) is 0 Å². The zero-order valence-electron chi connectivity index (χ0n) is 17.5. The fraction of sp³-hybridized carbons (Fsp3) is 0.318. The highest BCUT2D eigenvalue weighted by Gasteiger charge is 2.39. The molecule has 2 aromatic rings. The quantitative estimate of drug-likeness (QED) is 0.684. The van der Waals surface area contributed by atoms with Gasteiger partial charge in [0, 0.05) is 32.6 Å². The molecule has 32 heavy (non-hydrogen) atoms. The molecule has 0 aliphatic carbocycles. The lowest BCUT2D eigenvalue weighted by Crippen LogP contribution is -2.57. The molecular weight excluding hydrogens is 454 g/mol. The minimum Gasteiger partial charge on any atom is -0.339 e. The third-order valence-corrected chi connectivity index (χ3v) is 7.43. The molecule has 10 heteroatoms. The molecule has 170 valence electrons. The molecule has 1 fully saturated rings. The van der Waals surface area contributed by atoms with E-state index in [1.807, 2.05) is 0 Å². The summed E-state index contributed by atoms with van der Waals surface area (Å²) in [5, 5.41) is 0.680. The van der Waals surface area contributed by atoms with Crippen LogP contribution in [0.1, 0.15) is 23.7 Å². The molecule has 0 saturated carbocycles. The predicted octanol–water partition coefficient (Wildman–Crippen LogP) is 1.95. The summed E-state index contributed by atoms with van der Waals surface area (Å²) in [6.07, 6.45) is 0.354. The van der Waals surface area contributed by atoms with Gasteiger partial charge in [0.15, 0.2) is 0 Å². The second-order valence-electron chi connectivity index (χ2n) is 7.25. The number of nitrogens with one attached hydrogen (secondary N) is 1. The van der Waals surface area contributed by atoms with E-state index in [9.17, 15) is 22.8 Å². The predicted molar refractivity (Wildman–Crippen MR) is 120 cm³/mol. The number of amides is 3. The van der Waals surface area contributed by atoms with Crippen molar-refractivity contribution in [1.29, 1.82) is 0 Å². The van der Waals surface area contributed by atoms with Gasteiger partial charge < -0.3 is 15.1 Å². The number of halogens is 1. The Balaban J connectivity index is 1.89. The number of piperazine rings is 1. The maximum absolute atomic E-state index is 13.3. The maximum Gasteiger partial charge on any atom is 0.261 e. The summed E-state index contributed by atoms with van der Waals surface area (Å²) in [5.74, 6) is -1.55. The molecule has 0 radical (unpaired) electrons. The summed E-state index contributed by atoms with van der Waals surface area (Å²) in [7, 11) is -4.25. The number of rotatable bonds is 6. The number of carbonyl (C=O) groups excluding carboxylic acids is 3. The van der Waals surface area contributed by atoms with Gasteiger partial charge in [-0.3, -0.25) is 14.4 Å². The smallest absolute Gasteiger partial charge is 0.261 e. The van der Waals surface area contributed by atoms with E-state index in [4.69, 9.17) is 11.6 Å². The standard InChI is InChI=1S/C22H24ClN3O5S/c1-2-19(27)25-12-14-26(15-13-25)22(29)21(32(30,31)16-8-4-3-5-9-16)24-20(28)17-10-6-7-11-18(17)23/h3-11,21H,2,12-15H2,1H3,(H,24,28). The second-order valence-corrected chi connectivity index (χ2v) is 9.69. The Bertz CT molecular complexity index is 1100. The average Bonchev–Trinajstić information content (AvgIpc) is 2.82. The molecule has 1 atom stereocenters. The summed E-state index contributed by atoms with van der Waals surface area (Å²) in [4.78, 5) is 41.0. The van der Waals surface area contributed by atoms with E-state index in [1.54, 1.807) is 42.2 Å². The number of hydrogen-bond acceptors (Lipinski definition) is 5. The van der Waals surface area contributed by atoms with Gasteiger partial charge in [0.25, 0.3) is 11.8 Å². The second kappa shape index (κ2) is 10.1. The van der Waals surface area contributed by atoms with Crippen LogP contribution in [-0.2, 0) is 19.4 Å². The zero-order valence-corrected chi connectivity index (χ0v) is 19.1. The molecule has 1 saturated heterocycles. The lowest BCUT2D eigenvalue weighted by atomic mass is 10.2. The minimum absolute atomic E-state index is 0.0300. The molecule has 1 heterocycles. The van der Waals surface area contributed by atoms with Crippen LogP contribution in [0.15, 0.2) is 59.5 Å². The first-order chi connectivity index (χ1) is 15.3. The van der Waals surface area contributed by atoms with Gasteiger partial charge in [0.05, 0.1) is 15.5 Å². The Labute approximate surface area is 192 Å². The van der Waals surface area contributed by atoms with Crippen LogP contribution >= 0.6 is 11.6 Å². The molecule has 1 aliphatic heterocycles. The van der Waals surface area contributed by atoms with Gasteiger partial charge in [-0.1, -0.05) is 48.9 Å². The third kappa shape index (κ3) is 5.11. The van der Waals surface area contributed by atoms with Crippen molar-refractivity contribution in [1.82, 2.24) is 15.1 Å². The Hall–Kier alpha value is -2.91. The Morgan fingerprint density at radius 1 is 0.938 bits per heavy atom. The zero-order chi connectivity index (χ0) is 23.3. The number of hydrogen-bond donors (Lipinski definition) is 1. The van der Waals surface area contributed by atoms with Crippen LogP contribution in [-0.4, -0.2) is 67.5 Å². The molecule has 1 N–H and O–H groups in total. The summed E-state index contributed by atoms with van der Waals surface area (Å²) >= 11 is 6.08. The number of sulfone groups is 1. The van der Waals surface area contributed by atoms with Crippen molar-refractivity contribution in [2.75, 3.05) is 26.2 Å². The fourth-order valence-corrected chi connectivity index (χ4v) is 5.13. The van der Waals surface area contributed by atoms with Gasteiger partial charge in [-0.25, -0.2) is 8.42 Å². The molecule has 8 nitrogen and oxygen atoms in total. The molecule has 0 spiro atoms. The van der Waals surface area contributed by atoms with Crippen LogP contribution in [0.25, 0.3) is 0 Å². The Morgan fingerprint density at radius 2 is 1.50 bits per heavy atom. The van der Waals surface area contributed by atoms with E-state index in [0.29, 0.717) is 19.5 Å². The lowest BCUT2D eigenvalue weighted by molar-refractivity contribution is -0.139. The first kappa shape index (κ1) is 23.7. The lowest BCUT2D eigenvalue weighted by Gasteiger charge is -2.36. The molecule has 3 rings (SSSR count). The number of nitrogens with zero attached hydrogens (tertiary/aromatic N) is 2. The summed E-state index contributed by atoms with van der Waals surface area (Å²) in [6.45, 7) is 2.71. The van der Waals surface area contributed by atoms with Crippen LogP contribution in [0.4, 0.5) is 0 Å². The van der Waals surface area contributed by atoms with Gasteiger partial charge in [-0.2, -0.15) is 0 Å². The highest BCUT2D eigenvalue weighted by Crippen LogP contribution is 2.20. The molecular formula is C22H24ClN3O5S.